The standard InChI is InChI=1S/C26H27F2N5O2/c1-17-31-22-6-3-18(19-4-8-25(30-15-19)32-11-9-29-10-12-32)14-23(22)33(17)16-20-13-21(34-2)5-7-24(20)35-26(27)28/h3-8,13-15,26,29H,9-12,16H2,1-2H3. The maximum Gasteiger partial charge on any atom is 0.387 e. The van der Waals surface area contributed by atoms with E-state index in [0.717, 1.165) is 60.0 Å². The lowest BCUT2D eigenvalue weighted by Gasteiger charge is -2.28. The fourth-order valence-electron chi connectivity index (χ4n) is 4.45. The Labute approximate surface area is 202 Å². The van der Waals surface area contributed by atoms with E-state index in [4.69, 9.17) is 9.47 Å². The molecule has 0 bridgehead atoms. The van der Waals surface area contributed by atoms with Crippen LogP contribution in [-0.4, -0.2) is 54.4 Å². The van der Waals surface area contributed by atoms with Gasteiger partial charge in [-0.25, -0.2) is 9.97 Å². The molecule has 1 N–H and O–H groups in total. The van der Waals surface area contributed by atoms with Gasteiger partial charge in [-0.1, -0.05) is 6.07 Å². The number of hydrogen-bond donors (Lipinski definition) is 1. The molecule has 182 valence electrons. The van der Waals surface area contributed by atoms with Gasteiger partial charge in [-0.15, -0.1) is 0 Å². The largest absolute Gasteiger partial charge is 0.497 e. The van der Waals surface area contributed by atoms with Crippen molar-refractivity contribution < 1.29 is 18.3 Å². The van der Waals surface area contributed by atoms with Crippen LogP contribution in [0.15, 0.2) is 54.7 Å². The van der Waals surface area contributed by atoms with Gasteiger partial charge in [0.1, 0.15) is 23.1 Å². The number of anilines is 1. The normalized spacial score (nSPS) is 14.0. The van der Waals surface area contributed by atoms with Crippen molar-refractivity contribution in [3.63, 3.8) is 0 Å². The van der Waals surface area contributed by atoms with Crippen LogP contribution in [0.4, 0.5) is 14.6 Å². The predicted molar refractivity (Wildman–Crippen MR) is 132 cm³/mol. The van der Waals surface area contributed by atoms with E-state index in [9.17, 15) is 8.78 Å². The molecule has 35 heavy (non-hydrogen) atoms. The van der Waals surface area contributed by atoms with Gasteiger partial charge in [0.25, 0.3) is 0 Å². The number of pyridine rings is 1. The molecule has 1 aliphatic rings. The van der Waals surface area contributed by atoms with E-state index in [1.807, 2.05) is 29.8 Å². The minimum absolute atomic E-state index is 0.117. The van der Waals surface area contributed by atoms with E-state index in [-0.39, 0.29) is 5.75 Å². The molecule has 1 saturated heterocycles. The van der Waals surface area contributed by atoms with Crippen molar-refractivity contribution in [2.75, 3.05) is 38.2 Å². The SMILES string of the molecule is COc1ccc(OC(F)F)c(Cn2c(C)nc3ccc(-c4ccc(N5CCNCC5)nc4)cc32)c1. The average Bonchev–Trinajstić information content (AvgIpc) is 3.19. The van der Waals surface area contributed by atoms with Crippen molar-refractivity contribution >= 4 is 16.9 Å². The van der Waals surface area contributed by atoms with Gasteiger partial charge in [0, 0.05) is 43.5 Å². The molecule has 5 rings (SSSR count). The Balaban J connectivity index is 1.48. The van der Waals surface area contributed by atoms with Crippen molar-refractivity contribution in [1.82, 2.24) is 19.9 Å². The van der Waals surface area contributed by atoms with Gasteiger partial charge in [-0.05, 0) is 55.0 Å². The van der Waals surface area contributed by atoms with E-state index in [1.165, 1.54) is 6.07 Å². The number of aryl methyl sites for hydroxylation is 1. The van der Waals surface area contributed by atoms with Crippen LogP contribution >= 0.6 is 0 Å². The molecular formula is C26H27F2N5O2. The molecule has 0 aliphatic carbocycles. The molecule has 3 heterocycles. The Morgan fingerprint density at radius 3 is 2.54 bits per heavy atom. The molecule has 0 spiro atoms. The first-order chi connectivity index (χ1) is 17.0. The lowest BCUT2D eigenvalue weighted by molar-refractivity contribution is -0.0505. The van der Waals surface area contributed by atoms with Crippen LogP contribution in [0.2, 0.25) is 0 Å². The number of nitrogens with zero attached hydrogens (tertiary/aromatic N) is 4. The van der Waals surface area contributed by atoms with E-state index >= 15 is 0 Å². The Bertz CT molecular complexity index is 1320. The number of aromatic nitrogens is 3. The highest BCUT2D eigenvalue weighted by Gasteiger charge is 2.16. The first-order valence-electron chi connectivity index (χ1n) is 11.5. The number of benzene rings is 2. The van der Waals surface area contributed by atoms with Gasteiger partial charge >= 0.3 is 6.61 Å². The number of alkyl halides is 2. The van der Waals surface area contributed by atoms with Crippen LogP contribution in [-0.2, 0) is 6.54 Å². The van der Waals surface area contributed by atoms with Gasteiger partial charge in [-0.3, -0.25) is 0 Å². The number of fused-ring (bicyclic) bond motifs is 1. The van der Waals surface area contributed by atoms with Crippen molar-refractivity contribution in [1.29, 1.82) is 0 Å². The number of ether oxygens (including phenoxy) is 2. The summed E-state index contributed by atoms with van der Waals surface area (Å²) in [5.74, 6) is 2.43. The van der Waals surface area contributed by atoms with Crippen LogP contribution in [0.5, 0.6) is 11.5 Å². The molecule has 4 aromatic rings. The highest BCUT2D eigenvalue weighted by atomic mass is 19.3. The molecule has 2 aromatic heterocycles. The van der Waals surface area contributed by atoms with Crippen molar-refractivity contribution in [2.24, 2.45) is 0 Å². The summed E-state index contributed by atoms with van der Waals surface area (Å²) in [4.78, 5) is 11.6. The third-order valence-corrected chi connectivity index (χ3v) is 6.27. The van der Waals surface area contributed by atoms with Gasteiger partial charge < -0.3 is 24.3 Å². The molecule has 0 atom stereocenters. The van der Waals surface area contributed by atoms with E-state index in [2.05, 4.69) is 38.4 Å². The fraction of sp³-hybridized carbons (Fsp3) is 0.308. The second kappa shape index (κ2) is 9.87. The summed E-state index contributed by atoms with van der Waals surface area (Å²) in [5.41, 5.74) is 4.32. The number of halogens is 2. The molecule has 0 unspecified atom stereocenters. The molecule has 1 fully saturated rings. The Morgan fingerprint density at radius 1 is 1.03 bits per heavy atom. The molecule has 0 amide bonds. The van der Waals surface area contributed by atoms with Crippen LogP contribution in [0, 0.1) is 6.92 Å². The molecular weight excluding hydrogens is 452 g/mol. The maximum atomic E-state index is 13.0. The number of piperazine rings is 1. The van der Waals surface area contributed by atoms with Crippen molar-refractivity contribution in [2.45, 2.75) is 20.1 Å². The molecule has 0 saturated carbocycles. The summed E-state index contributed by atoms with van der Waals surface area (Å²) in [6, 6.07) is 15.0. The third-order valence-electron chi connectivity index (χ3n) is 6.27. The zero-order valence-electron chi connectivity index (χ0n) is 19.7. The second-order valence-electron chi connectivity index (χ2n) is 8.44. The summed E-state index contributed by atoms with van der Waals surface area (Å²) in [5, 5.41) is 3.35. The number of nitrogens with one attached hydrogen (secondary N) is 1. The summed E-state index contributed by atoms with van der Waals surface area (Å²) in [6.07, 6.45) is 1.89. The number of hydrogen-bond acceptors (Lipinski definition) is 6. The first-order valence-corrected chi connectivity index (χ1v) is 11.5. The smallest absolute Gasteiger partial charge is 0.387 e. The van der Waals surface area contributed by atoms with Gasteiger partial charge in [0.15, 0.2) is 0 Å². The molecule has 9 heteroatoms. The quantitative estimate of drug-likeness (QED) is 0.422. The topological polar surface area (TPSA) is 64.4 Å². The summed E-state index contributed by atoms with van der Waals surface area (Å²) in [6.45, 7) is 3.10. The van der Waals surface area contributed by atoms with Crippen LogP contribution in [0.25, 0.3) is 22.2 Å². The predicted octanol–water partition coefficient (Wildman–Crippen LogP) is 4.47. The minimum atomic E-state index is -2.91. The minimum Gasteiger partial charge on any atom is -0.497 e. The fourth-order valence-corrected chi connectivity index (χ4v) is 4.45. The van der Waals surface area contributed by atoms with Crippen LogP contribution in [0.1, 0.15) is 11.4 Å². The zero-order chi connectivity index (χ0) is 24.4. The Hall–Kier alpha value is -3.72. The second-order valence-corrected chi connectivity index (χ2v) is 8.44. The maximum absolute atomic E-state index is 13.0. The first kappa shape index (κ1) is 23.0. The Kier molecular flexibility index (Phi) is 6.50. The van der Waals surface area contributed by atoms with Crippen molar-refractivity contribution in [3.05, 3.63) is 66.1 Å². The highest BCUT2D eigenvalue weighted by molar-refractivity contribution is 5.83. The van der Waals surface area contributed by atoms with E-state index in [1.54, 1.807) is 19.2 Å². The van der Waals surface area contributed by atoms with Crippen LogP contribution in [0.3, 0.4) is 0 Å². The summed E-state index contributed by atoms with van der Waals surface area (Å²) < 4.78 is 38.1. The van der Waals surface area contributed by atoms with E-state index in [0.29, 0.717) is 17.9 Å². The number of rotatable bonds is 7. The van der Waals surface area contributed by atoms with Crippen molar-refractivity contribution in [3.8, 4) is 22.6 Å². The summed E-state index contributed by atoms with van der Waals surface area (Å²) >= 11 is 0. The number of methoxy groups -OCH3 is 1. The van der Waals surface area contributed by atoms with Gasteiger partial charge in [-0.2, -0.15) is 8.78 Å². The van der Waals surface area contributed by atoms with Gasteiger partial charge in [0.2, 0.25) is 0 Å². The monoisotopic (exact) mass is 479 g/mol. The Morgan fingerprint density at radius 2 is 1.83 bits per heavy atom. The van der Waals surface area contributed by atoms with Gasteiger partial charge in [0.05, 0.1) is 24.7 Å². The zero-order valence-corrected chi connectivity index (χ0v) is 19.7. The lowest BCUT2D eigenvalue weighted by atomic mass is 10.1. The molecule has 1 aliphatic heterocycles. The highest BCUT2D eigenvalue weighted by Crippen LogP contribution is 2.30. The molecule has 2 aromatic carbocycles. The third kappa shape index (κ3) is 4.90. The number of imidazole rings is 1. The average molecular weight is 480 g/mol. The summed E-state index contributed by atoms with van der Waals surface area (Å²) in [7, 11) is 1.54. The van der Waals surface area contributed by atoms with E-state index < -0.39 is 6.61 Å². The molecule has 7 nitrogen and oxygen atoms in total. The van der Waals surface area contributed by atoms with Crippen LogP contribution < -0.4 is 19.7 Å². The lowest BCUT2D eigenvalue weighted by Crippen LogP contribution is -2.43. The molecule has 0 radical (unpaired) electrons.